The Kier molecular flexibility index (Phi) is 4.81. The van der Waals surface area contributed by atoms with Crippen LogP contribution < -0.4 is 5.32 Å². The number of nitrogens with zero attached hydrogens (tertiary/aromatic N) is 3. The largest absolute Gasteiger partial charge is 0.441 e. The molecule has 0 spiro atoms. The lowest BCUT2D eigenvalue weighted by Gasteiger charge is -2.36. The summed E-state index contributed by atoms with van der Waals surface area (Å²) in [5.41, 5.74) is 3.75. The number of anilines is 1. The van der Waals surface area contributed by atoms with Crippen molar-refractivity contribution in [3.8, 4) is 11.1 Å². The summed E-state index contributed by atoms with van der Waals surface area (Å²) in [5, 5.41) is 2.95. The lowest BCUT2D eigenvalue weighted by Crippen LogP contribution is -2.44. The second-order valence-electron chi connectivity index (χ2n) is 8.69. The molecule has 1 fully saturated rings. The number of urea groups is 1. The van der Waals surface area contributed by atoms with E-state index < -0.39 is 17.8 Å². The van der Waals surface area contributed by atoms with E-state index in [1.807, 2.05) is 0 Å². The van der Waals surface area contributed by atoms with Crippen LogP contribution >= 0.6 is 11.6 Å². The zero-order valence-corrected chi connectivity index (χ0v) is 18.9. The third-order valence-electron chi connectivity index (χ3n) is 6.68. The van der Waals surface area contributed by atoms with E-state index in [-0.39, 0.29) is 22.8 Å². The Hall–Kier alpha value is -3.52. The van der Waals surface area contributed by atoms with E-state index >= 15 is 4.39 Å². The van der Waals surface area contributed by atoms with Crippen molar-refractivity contribution in [1.82, 2.24) is 14.9 Å². The van der Waals surface area contributed by atoms with Gasteiger partial charge in [0, 0.05) is 30.3 Å². The summed E-state index contributed by atoms with van der Waals surface area (Å²) in [6, 6.07) is 8.93. The van der Waals surface area contributed by atoms with Crippen LogP contribution in [0, 0.1) is 18.7 Å². The molecule has 1 saturated heterocycles. The molecule has 2 atom stereocenters. The number of hydrogen-bond acceptors (Lipinski definition) is 4. The minimum atomic E-state index is -0.610. The van der Waals surface area contributed by atoms with Crippen molar-refractivity contribution in [3.05, 3.63) is 76.4 Å². The molecular formula is C25H19ClF2N4O2. The van der Waals surface area contributed by atoms with Gasteiger partial charge in [0.2, 0.25) is 5.95 Å². The summed E-state index contributed by atoms with van der Waals surface area (Å²) >= 11 is 6.49. The Bertz CT molecular complexity index is 1470. The third-order valence-corrected chi connectivity index (χ3v) is 6.99. The number of benzene rings is 2. The minimum Gasteiger partial charge on any atom is -0.441 e. The van der Waals surface area contributed by atoms with Crippen LogP contribution in [0.25, 0.3) is 22.2 Å². The van der Waals surface area contributed by atoms with Gasteiger partial charge in [-0.2, -0.15) is 4.39 Å². The van der Waals surface area contributed by atoms with Gasteiger partial charge >= 0.3 is 6.03 Å². The fraction of sp³-hybridized carbons (Fsp3) is 0.240. The molecule has 2 amide bonds. The van der Waals surface area contributed by atoms with Gasteiger partial charge < -0.3 is 14.6 Å². The van der Waals surface area contributed by atoms with Crippen molar-refractivity contribution < 1.29 is 18.0 Å². The molecule has 6 rings (SSSR count). The van der Waals surface area contributed by atoms with E-state index in [0.717, 1.165) is 18.4 Å². The molecule has 0 aliphatic carbocycles. The SMILES string of the molecule is Cc1nc2ccc(-c3cc(F)c(NC(=O)N4[C@H]5CC[C@@H]4c4ccnc(F)c4C5)cc3Cl)cc2o1. The maximum Gasteiger partial charge on any atom is 0.322 e. The van der Waals surface area contributed by atoms with Gasteiger partial charge in [0.1, 0.15) is 11.3 Å². The molecule has 9 heteroatoms. The molecule has 2 aliphatic rings. The van der Waals surface area contributed by atoms with Crippen molar-refractivity contribution in [2.24, 2.45) is 0 Å². The predicted molar refractivity (Wildman–Crippen MR) is 124 cm³/mol. The Morgan fingerprint density at radius 2 is 2.06 bits per heavy atom. The van der Waals surface area contributed by atoms with E-state index in [9.17, 15) is 9.18 Å². The van der Waals surface area contributed by atoms with E-state index in [0.29, 0.717) is 40.1 Å². The second-order valence-corrected chi connectivity index (χ2v) is 9.09. The quantitative estimate of drug-likeness (QED) is 0.336. The van der Waals surface area contributed by atoms with Crippen molar-refractivity contribution >= 4 is 34.4 Å². The second kappa shape index (κ2) is 7.77. The summed E-state index contributed by atoms with van der Waals surface area (Å²) in [4.78, 5) is 22.9. The normalized spacial score (nSPS) is 18.9. The van der Waals surface area contributed by atoms with Crippen LogP contribution in [0.3, 0.4) is 0 Å². The first-order valence-electron chi connectivity index (χ1n) is 11.0. The standard InChI is InChI=1S/C25H19ClF2N4O2/c1-12-30-20-4-2-13(8-23(20)34-12)16-10-19(27)21(11-18(16)26)31-25(33)32-14-3-5-22(32)15-6-7-29-24(28)17(15)9-14/h2,4,6-8,10-11,14,22H,3,5,9H2,1H3,(H,31,33)/t14-,22+/m0/s1. The number of carbonyl (C=O) groups is 1. The number of hydrogen-bond donors (Lipinski definition) is 1. The Morgan fingerprint density at radius 3 is 2.91 bits per heavy atom. The van der Waals surface area contributed by atoms with Crippen LogP contribution in [0.4, 0.5) is 19.3 Å². The lowest BCUT2D eigenvalue weighted by molar-refractivity contribution is 0.178. The highest BCUT2D eigenvalue weighted by atomic mass is 35.5. The lowest BCUT2D eigenvalue weighted by atomic mass is 9.95. The van der Waals surface area contributed by atoms with Gasteiger partial charge in [-0.25, -0.2) is 19.2 Å². The number of fused-ring (bicyclic) bond motifs is 5. The van der Waals surface area contributed by atoms with Crippen LogP contribution in [-0.2, 0) is 6.42 Å². The first-order valence-corrected chi connectivity index (χ1v) is 11.4. The van der Waals surface area contributed by atoms with Gasteiger partial charge in [0.05, 0.1) is 16.8 Å². The summed E-state index contributed by atoms with van der Waals surface area (Å²) in [6.07, 6.45) is 3.28. The number of carbonyl (C=O) groups excluding carboxylic acids is 1. The van der Waals surface area contributed by atoms with E-state index in [4.69, 9.17) is 16.0 Å². The zero-order valence-electron chi connectivity index (χ0n) is 18.1. The number of aromatic nitrogens is 2. The number of rotatable bonds is 2. The van der Waals surface area contributed by atoms with Crippen LogP contribution in [0.5, 0.6) is 0 Å². The van der Waals surface area contributed by atoms with Crippen molar-refractivity contribution in [2.45, 2.75) is 38.3 Å². The van der Waals surface area contributed by atoms with Gasteiger partial charge in [-0.15, -0.1) is 0 Å². The summed E-state index contributed by atoms with van der Waals surface area (Å²) in [7, 11) is 0. The molecule has 0 saturated carbocycles. The average molecular weight is 481 g/mol. The van der Waals surface area contributed by atoms with Gasteiger partial charge in [-0.05, 0) is 60.7 Å². The molecule has 0 radical (unpaired) electrons. The number of pyridine rings is 1. The van der Waals surface area contributed by atoms with Gasteiger partial charge in [0.15, 0.2) is 11.5 Å². The fourth-order valence-electron chi connectivity index (χ4n) is 5.18. The smallest absolute Gasteiger partial charge is 0.322 e. The molecule has 6 nitrogen and oxygen atoms in total. The Labute approximate surface area is 198 Å². The van der Waals surface area contributed by atoms with Gasteiger partial charge in [-0.3, -0.25) is 0 Å². The van der Waals surface area contributed by atoms with Crippen molar-refractivity contribution in [1.29, 1.82) is 0 Å². The summed E-state index contributed by atoms with van der Waals surface area (Å²) in [6.45, 7) is 1.75. The van der Waals surface area contributed by atoms with E-state index in [2.05, 4.69) is 15.3 Å². The van der Waals surface area contributed by atoms with Gasteiger partial charge in [0.25, 0.3) is 0 Å². The molecule has 0 unspecified atom stereocenters. The molecular weight excluding hydrogens is 462 g/mol. The van der Waals surface area contributed by atoms with Crippen LogP contribution in [0.15, 0.2) is 47.0 Å². The number of aryl methyl sites for hydroxylation is 1. The van der Waals surface area contributed by atoms with Crippen molar-refractivity contribution in [3.63, 3.8) is 0 Å². The predicted octanol–water partition coefficient (Wildman–Crippen LogP) is 6.42. The highest BCUT2D eigenvalue weighted by Crippen LogP contribution is 2.44. The summed E-state index contributed by atoms with van der Waals surface area (Å²) < 4.78 is 34.8. The number of halogens is 3. The molecule has 2 bridgehead atoms. The third kappa shape index (κ3) is 3.32. The van der Waals surface area contributed by atoms with E-state index in [1.165, 1.54) is 18.3 Å². The highest BCUT2D eigenvalue weighted by molar-refractivity contribution is 6.33. The van der Waals surface area contributed by atoms with Crippen LogP contribution in [0.1, 0.15) is 35.9 Å². The van der Waals surface area contributed by atoms with Crippen molar-refractivity contribution in [2.75, 3.05) is 5.32 Å². The topological polar surface area (TPSA) is 71.3 Å². The van der Waals surface area contributed by atoms with E-state index in [1.54, 1.807) is 36.1 Å². The molecule has 1 N–H and O–H groups in total. The molecule has 2 aromatic carbocycles. The molecule has 4 aromatic rings. The van der Waals surface area contributed by atoms with Crippen LogP contribution in [-0.4, -0.2) is 26.9 Å². The maximum absolute atomic E-state index is 15.1. The molecule has 2 aromatic heterocycles. The molecule has 2 aliphatic heterocycles. The number of oxazole rings is 1. The Morgan fingerprint density at radius 1 is 1.21 bits per heavy atom. The minimum absolute atomic E-state index is 0.0126. The molecule has 172 valence electrons. The number of nitrogens with one attached hydrogen (secondary N) is 1. The Balaban J connectivity index is 1.28. The number of amides is 2. The average Bonchev–Trinajstić information content (AvgIpc) is 3.34. The highest BCUT2D eigenvalue weighted by Gasteiger charge is 2.43. The molecule has 4 heterocycles. The maximum atomic E-state index is 15.1. The monoisotopic (exact) mass is 480 g/mol. The first-order chi connectivity index (χ1) is 16.4. The summed E-state index contributed by atoms with van der Waals surface area (Å²) in [5.74, 6) is -0.557. The first kappa shape index (κ1) is 21.0. The van der Waals surface area contributed by atoms with Gasteiger partial charge in [-0.1, -0.05) is 17.7 Å². The molecule has 34 heavy (non-hydrogen) atoms. The zero-order chi connectivity index (χ0) is 23.6. The van der Waals surface area contributed by atoms with Crippen LogP contribution in [0.2, 0.25) is 5.02 Å². The fourth-order valence-corrected chi connectivity index (χ4v) is 5.45.